The van der Waals surface area contributed by atoms with Crippen LogP contribution < -0.4 is 4.72 Å². The monoisotopic (exact) mass is 464 g/mol. The molecule has 1 heterocycles. The maximum Gasteiger partial charge on any atom is 0.338 e. The third-order valence-corrected chi connectivity index (χ3v) is 6.93. The topological polar surface area (TPSA) is 85.4 Å². The molecule has 0 unspecified atom stereocenters. The molecule has 32 heavy (non-hydrogen) atoms. The molecule has 0 bridgehead atoms. The molecule has 0 fully saturated rings. The molecule has 0 saturated carbocycles. The minimum atomic E-state index is -3.85. The van der Waals surface area contributed by atoms with Crippen molar-refractivity contribution in [1.82, 2.24) is 4.98 Å². The largest absolute Gasteiger partial charge is 0.456 e. The average molecular weight is 465 g/mol. The Morgan fingerprint density at radius 1 is 1.00 bits per heavy atom. The van der Waals surface area contributed by atoms with E-state index in [0.717, 1.165) is 16.1 Å². The Bertz CT molecular complexity index is 1330. The second-order valence-corrected chi connectivity index (χ2v) is 9.63. The standard InChI is InChI=1S/C24H20N2O4S2/c1-17-10-12-20(13-11-17)26-32(28,29)22-9-5-8-19(14-22)24(27)30-15-21-16-31-23(25-21)18-6-3-2-4-7-18/h2-14,16,26H,15H2,1H3. The fourth-order valence-electron chi connectivity index (χ4n) is 2.94. The van der Waals surface area contributed by atoms with Crippen LogP contribution >= 0.6 is 11.3 Å². The van der Waals surface area contributed by atoms with Gasteiger partial charge in [-0.2, -0.15) is 0 Å². The van der Waals surface area contributed by atoms with Crippen LogP contribution in [0.3, 0.4) is 0 Å². The van der Waals surface area contributed by atoms with Gasteiger partial charge in [0.2, 0.25) is 0 Å². The summed E-state index contributed by atoms with van der Waals surface area (Å²) >= 11 is 1.47. The minimum absolute atomic E-state index is 0.000755. The van der Waals surface area contributed by atoms with Crippen molar-refractivity contribution >= 4 is 33.0 Å². The molecule has 0 aliphatic heterocycles. The lowest BCUT2D eigenvalue weighted by Gasteiger charge is -2.09. The van der Waals surface area contributed by atoms with E-state index in [4.69, 9.17) is 4.74 Å². The van der Waals surface area contributed by atoms with Crippen molar-refractivity contribution in [2.75, 3.05) is 4.72 Å². The van der Waals surface area contributed by atoms with Gasteiger partial charge in [0.15, 0.2) is 0 Å². The molecule has 4 rings (SSSR count). The average Bonchev–Trinajstić information content (AvgIpc) is 3.29. The number of carbonyl (C=O) groups excluding carboxylic acids is 1. The van der Waals surface area contributed by atoms with E-state index in [1.54, 1.807) is 12.1 Å². The lowest BCUT2D eigenvalue weighted by molar-refractivity contribution is 0.0468. The molecule has 0 aliphatic rings. The number of nitrogens with zero attached hydrogens (tertiary/aromatic N) is 1. The molecule has 162 valence electrons. The normalized spacial score (nSPS) is 11.2. The Balaban J connectivity index is 1.43. The Hall–Kier alpha value is -3.49. The summed E-state index contributed by atoms with van der Waals surface area (Å²) in [5.74, 6) is -0.619. The number of sulfonamides is 1. The van der Waals surface area contributed by atoms with Crippen LogP contribution in [0.25, 0.3) is 10.6 Å². The predicted octanol–water partition coefficient (Wildman–Crippen LogP) is 5.28. The van der Waals surface area contributed by atoms with Gasteiger partial charge in [-0.25, -0.2) is 18.2 Å². The molecule has 0 aliphatic carbocycles. The first-order valence-electron chi connectivity index (χ1n) is 9.77. The number of hydrogen-bond donors (Lipinski definition) is 1. The molecule has 3 aromatic carbocycles. The first kappa shape index (κ1) is 21.7. The summed E-state index contributed by atoms with van der Waals surface area (Å²) in [6.07, 6.45) is 0. The van der Waals surface area contributed by atoms with Gasteiger partial charge in [-0.1, -0.05) is 54.1 Å². The molecule has 1 N–H and O–H groups in total. The van der Waals surface area contributed by atoms with Crippen molar-refractivity contribution in [1.29, 1.82) is 0 Å². The smallest absolute Gasteiger partial charge is 0.338 e. The molecule has 1 aromatic heterocycles. The Morgan fingerprint density at radius 3 is 2.50 bits per heavy atom. The lowest BCUT2D eigenvalue weighted by Crippen LogP contribution is -2.14. The first-order valence-corrected chi connectivity index (χ1v) is 12.1. The van der Waals surface area contributed by atoms with Crippen LogP contribution in [0.1, 0.15) is 21.6 Å². The molecule has 0 radical (unpaired) electrons. The third-order valence-electron chi connectivity index (χ3n) is 4.61. The van der Waals surface area contributed by atoms with Crippen molar-refractivity contribution in [3.8, 4) is 10.6 Å². The summed E-state index contributed by atoms with van der Waals surface area (Å²) in [7, 11) is -3.85. The Morgan fingerprint density at radius 2 is 1.75 bits per heavy atom. The molecule has 0 atom stereocenters. The fraction of sp³-hybridized carbons (Fsp3) is 0.0833. The van der Waals surface area contributed by atoms with Gasteiger partial charge in [-0.3, -0.25) is 4.72 Å². The highest BCUT2D eigenvalue weighted by atomic mass is 32.2. The van der Waals surface area contributed by atoms with Gasteiger partial charge in [-0.15, -0.1) is 11.3 Å². The number of ether oxygens (including phenoxy) is 1. The second-order valence-electron chi connectivity index (χ2n) is 7.09. The van der Waals surface area contributed by atoms with E-state index < -0.39 is 16.0 Å². The van der Waals surface area contributed by atoms with Crippen LogP contribution in [0.4, 0.5) is 5.69 Å². The number of anilines is 1. The summed E-state index contributed by atoms with van der Waals surface area (Å²) in [5, 5.41) is 2.68. The van der Waals surface area contributed by atoms with E-state index in [0.29, 0.717) is 11.4 Å². The van der Waals surface area contributed by atoms with Crippen molar-refractivity contribution in [3.63, 3.8) is 0 Å². The SMILES string of the molecule is Cc1ccc(NS(=O)(=O)c2cccc(C(=O)OCc3csc(-c4ccccc4)n3)c2)cc1. The molecule has 0 amide bonds. The van der Waals surface area contributed by atoms with E-state index in [1.165, 1.54) is 35.6 Å². The maximum atomic E-state index is 12.7. The van der Waals surface area contributed by atoms with Crippen LogP contribution in [0.2, 0.25) is 0 Å². The molecular weight excluding hydrogens is 444 g/mol. The quantitative estimate of drug-likeness (QED) is 0.376. The molecule has 8 heteroatoms. The summed E-state index contributed by atoms with van der Waals surface area (Å²) in [5.41, 5.74) is 3.24. The van der Waals surface area contributed by atoms with E-state index in [1.807, 2.05) is 54.8 Å². The van der Waals surface area contributed by atoms with Gasteiger partial charge in [0.25, 0.3) is 10.0 Å². The summed E-state index contributed by atoms with van der Waals surface area (Å²) in [4.78, 5) is 17.0. The van der Waals surface area contributed by atoms with Crippen LogP contribution in [0.5, 0.6) is 0 Å². The van der Waals surface area contributed by atoms with Gasteiger partial charge < -0.3 is 4.74 Å². The highest BCUT2D eigenvalue weighted by Gasteiger charge is 2.17. The van der Waals surface area contributed by atoms with Gasteiger partial charge >= 0.3 is 5.97 Å². The second kappa shape index (κ2) is 9.33. The van der Waals surface area contributed by atoms with Crippen LogP contribution in [0.15, 0.2) is 89.1 Å². The lowest BCUT2D eigenvalue weighted by atomic mass is 10.2. The summed E-state index contributed by atoms with van der Waals surface area (Å²) in [6.45, 7) is 1.92. The van der Waals surface area contributed by atoms with Crippen molar-refractivity contribution < 1.29 is 17.9 Å². The highest BCUT2D eigenvalue weighted by Crippen LogP contribution is 2.24. The fourth-order valence-corrected chi connectivity index (χ4v) is 4.85. The van der Waals surface area contributed by atoms with Gasteiger partial charge in [0.05, 0.1) is 16.2 Å². The number of esters is 1. The molecule has 6 nitrogen and oxygen atoms in total. The zero-order valence-electron chi connectivity index (χ0n) is 17.2. The molecule has 4 aromatic rings. The number of aromatic nitrogens is 1. The van der Waals surface area contributed by atoms with Crippen LogP contribution in [-0.4, -0.2) is 19.4 Å². The zero-order valence-corrected chi connectivity index (χ0v) is 18.8. The number of benzene rings is 3. The van der Waals surface area contributed by atoms with Crippen LogP contribution in [0, 0.1) is 6.92 Å². The number of rotatable bonds is 7. The number of hydrogen-bond acceptors (Lipinski definition) is 6. The number of carbonyl (C=O) groups is 1. The van der Waals surface area contributed by atoms with E-state index >= 15 is 0 Å². The van der Waals surface area contributed by atoms with E-state index in [9.17, 15) is 13.2 Å². The van der Waals surface area contributed by atoms with Crippen molar-refractivity contribution in [2.24, 2.45) is 0 Å². The molecule has 0 spiro atoms. The third kappa shape index (κ3) is 5.22. The van der Waals surface area contributed by atoms with Crippen LogP contribution in [-0.2, 0) is 21.4 Å². The highest BCUT2D eigenvalue weighted by molar-refractivity contribution is 7.92. The van der Waals surface area contributed by atoms with E-state index in [-0.39, 0.29) is 17.1 Å². The van der Waals surface area contributed by atoms with Crippen molar-refractivity contribution in [3.05, 3.63) is 101 Å². The number of aryl methyl sites for hydroxylation is 1. The number of thiazole rings is 1. The molecule has 0 saturated heterocycles. The Kier molecular flexibility index (Phi) is 6.34. The summed E-state index contributed by atoms with van der Waals surface area (Å²) in [6, 6.07) is 22.5. The zero-order chi connectivity index (χ0) is 22.6. The van der Waals surface area contributed by atoms with Gasteiger partial charge in [0, 0.05) is 16.6 Å². The number of nitrogens with one attached hydrogen (secondary N) is 1. The Labute approximate surface area is 190 Å². The van der Waals surface area contributed by atoms with Crippen molar-refractivity contribution in [2.45, 2.75) is 18.4 Å². The predicted molar refractivity (Wildman–Crippen MR) is 125 cm³/mol. The van der Waals surface area contributed by atoms with Gasteiger partial charge in [0.1, 0.15) is 11.6 Å². The maximum absolute atomic E-state index is 12.7. The first-order chi connectivity index (χ1) is 15.4. The van der Waals surface area contributed by atoms with E-state index in [2.05, 4.69) is 9.71 Å². The summed E-state index contributed by atoms with van der Waals surface area (Å²) < 4.78 is 33.3. The minimum Gasteiger partial charge on any atom is -0.456 e. The van der Waals surface area contributed by atoms with Gasteiger partial charge in [-0.05, 0) is 37.3 Å². The molecular formula is C24H20N2O4S2.